The summed E-state index contributed by atoms with van der Waals surface area (Å²) in [4.78, 5) is 11.9. The van der Waals surface area contributed by atoms with Gasteiger partial charge in [-0.3, -0.25) is 4.79 Å². The molecule has 0 heterocycles. The van der Waals surface area contributed by atoms with Crippen molar-refractivity contribution in [2.24, 2.45) is 0 Å². The quantitative estimate of drug-likeness (QED) is 0.785. The van der Waals surface area contributed by atoms with Crippen LogP contribution in [-0.2, 0) is 11.2 Å². The molecule has 2 aromatic rings. The molecule has 0 aliphatic rings. The second-order valence-electron chi connectivity index (χ2n) is 4.16. The molecular formula is C15H11Cl3O2. The molecule has 0 aromatic heterocycles. The Hall–Kier alpha value is -1.22. The van der Waals surface area contributed by atoms with Gasteiger partial charge in [-0.1, -0.05) is 46.9 Å². The fraction of sp³-hybridized carbons (Fsp3) is 0.133. The minimum Gasteiger partial charge on any atom is -0.486 e. The van der Waals surface area contributed by atoms with E-state index >= 15 is 0 Å². The summed E-state index contributed by atoms with van der Waals surface area (Å²) >= 11 is 17.9. The number of ether oxygens (including phenoxy) is 1. The molecule has 2 rings (SSSR count). The SMILES string of the molecule is O=C(COc1cccc(Cl)c1)Cc1c(Cl)cccc1Cl. The van der Waals surface area contributed by atoms with Crippen LogP contribution in [0.15, 0.2) is 42.5 Å². The smallest absolute Gasteiger partial charge is 0.174 e. The van der Waals surface area contributed by atoms with Crippen LogP contribution in [0.2, 0.25) is 15.1 Å². The van der Waals surface area contributed by atoms with E-state index in [0.29, 0.717) is 26.4 Å². The zero-order valence-corrected chi connectivity index (χ0v) is 12.7. The van der Waals surface area contributed by atoms with Crippen LogP contribution in [0.3, 0.4) is 0 Å². The van der Waals surface area contributed by atoms with Gasteiger partial charge in [0.1, 0.15) is 12.4 Å². The van der Waals surface area contributed by atoms with Gasteiger partial charge < -0.3 is 4.74 Å². The topological polar surface area (TPSA) is 26.3 Å². The Morgan fingerprint density at radius 3 is 2.30 bits per heavy atom. The number of carbonyl (C=O) groups is 1. The molecule has 5 heteroatoms. The van der Waals surface area contributed by atoms with E-state index < -0.39 is 0 Å². The van der Waals surface area contributed by atoms with E-state index in [1.165, 1.54) is 0 Å². The molecule has 2 aromatic carbocycles. The predicted molar refractivity (Wildman–Crippen MR) is 82.1 cm³/mol. The van der Waals surface area contributed by atoms with Gasteiger partial charge in [-0.2, -0.15) is 0 Å². The molecule has 2 nitrogen and oxygen atoms in total. The van der Waals surface area contributed by atoms with Crippen molar-refractivity contribution >= 4 is 40.6 Å². The van der Waals surface area contributed by atoms with Crippen LogP contribution in [0.25, 0.3) is 0 Å². The van der Waals surface area contributed by atoms with Crippen molar-refractivity contribution in [1.29, 1.82) is 0 Å². The minimum atomic E-state index is -0.111. The Morgan fingerprint density at radius 1 is 1.00 bits per heavy atom. The van der Waals surface area contributed by atoms with Gasteiger partial charge in [0.25, 0.3) is 0 Å². The van der Waals surface area contributed by atoms with E-state index in [1.54, 1.807) is 42.5 Å². The average Bonchev–Trinajstić information content (AvgIpc) is 2.41. The molecule has 0 saturated carbocycles. The molecule has 20 heavy (non-hydrogen) atoms. The number of rotatable bonds is 5. The maximum atomic E-state index is 11.9. The number of benzene rings is 2. The minimum absolute atomic E-state index is 0.0537. The van der Waals surface area contributed by atoms with E-state index in [2.05, 4.69) is 0 Å². The molecule has 104 valence electrons. The van der Waals surface area contributed by atoms with Crippen LogP contribution in [0.4, 0.5) is 0 Å². The molecule has 0 atom stereocenters. The average molecular weight is 330 g/mol. The van der Waals surface area contributed by atoms with Gasteiger partial charge in [0.2, 0.25) is 0 Å². The first-order valence-electron chi connectivity index (χ1n) is 5.89. The normalized spacial score (nSPS) is 10.3. The Labute approximate surface area is 132 Å². The van der Waals surface area contributed by atoms with Gasteiger partial charge in [0.15, 0.2) is 5.78 Å². The third-order valence-electron chi connectivity index (χ3n) is 2.63. The van der Waals surface area contributed by atoms with E-state index in [0.717, 1.165) is 0 Å². The van der Waals surface area contributed by atoms with Gasteiger partial charge in [-0.15, -0.1) is 0 Å². The number of hydrogen-bond donors (Lipinski definition) is 0. The summed E-state index contributed by atoms with van der Waals surface area (Å²) in [5.74, 6) is 0.441. The van der Waals surface area contributed by atoms with Gasteiger partial charge in [0, 0.05) is 21.5 Å². The first-order valence-corrected chi connectivity index (χ1v) is 7.02. The highest BCUT2D eigenvalue weighted by atomic mass is 35.5. The molecule has 0 aliphatic carbocycles. The summed E-state index contributed by atoms with van der Waals surface area (Å²) < 4.78 is 5.38. The lowest BCUT2D eigenvalue weighted by molar-refractivity contribution is -0.120. The third kappa shape index (κ3) is 4.14. The lowest BCUT2D eigenvalue weighted by Crippen LogP contribution is -2.14. The maximum absolute atomic E-state index is 11.9. The summed E-state index contributed by atoms with van der Waals surface area (Å²) in [6.07, 6.45) is 0.138. The van der Waals surface area contributed by atoms with Crippen molar-refractivity contribution in [2.75, 3.05) is 6.61 Å². The van der Waals surface area contributed by atoms with E-state index in [4.69, 9.17) is 39.5 Å². The number of Topliss-reactive ketones (excluding diaryl/α,β-unsaturated/α-hetero) is 1. The van der Waals surface area contributed by atoms with Crippen LogP contribution in [-0.4, -0.2) is 12.4 Å². The second kappa shape index (κ2) is 6.98. The van der Waals surface area contributed by atoms with E-state index in [-0.39, 0.29) is 18.8 Å². The molecule has 0 N–H and O–H groups in total. The largest absolute Gasteiger partial charge is 0.486 e. The Bertz CT molecular complexity index is 606. The van der Waals surface area contributed by atoms with Crippen LogP contribution in [0.1, 0.15) is 5.56 Å². The first kappa shape index (κ1) is 15.2. The summed E-state index contributed by atoms with van der Waals surface area (Å²) in [6.45, 7) is -0.0537. The number of halogens is 3. The zero-order chi connectivity index (χ0) is 14.5. The summed E-state index contributed by atoms with van der Waals surface area (Å²) in [5, 5.41) is 1.52. The molecule has 0 saturated heterocycles. The van der Waals surface area contributed by atoms with Gasteiger partial charge in [-0.05, 0) is 35.9 Å². The standard InChI is InChI=1S/C15H11Cl3O2/c16-10-3-1-4-12(7-10)20-9-11(19)8-13-14(17)5-2-6-15(13)18/h1-7H,8-9H2. The molecule has 0 radical (unpaired) electrons. The molecule has 0 spiro atoms. The molecule has 0 unspecified atom stereocenters. The van der Waals surface area contributed by atoms with Gasteiger partial charge in [0.05, 0.1) is 0 Å². The van der Waals surface area contributed by atoms with Crippen molar-refractivity contribution in [3.05, 3.63) is 63.1 Å². The number of hydrogen-bond acceptors (Lipinski definition) is 2. The monoisotopic (exact) mass is 328 g/mol. The number of carbonyl (C=O) groups excluding carboxylic acids is 1. The number of ketones is 1. The summed E-state index contributed by atoms with van der Waals surface area (Å²) in [5.41, 5.74) is 0.621. The van der Waals surface area contributed by atoms with Crippen LogP contribution in [0.5, 0.6) is 5.75 Å². The zero-order valence-electron chi connectivity index (χ0n) is 10.4. The van der Waals surface area contributed by atoms with Crippen molar-refractivity contribution in [1.82, 2.24) is 0 Å². The summed E-state index contributed by atoms with van der Waals surface area (Å²) in [6, 6.07) is 12.0. The maximum Gasteiger partial charge on any atom is 0.174 e. The van der Waals surface area contributed by atoms with Gasteiger partial charge >= 0.3 is 0 Å². The Balaban J connectivity index is 1.96. The Morgan fingerprint density at radius 2 is 1.65 bits per heavy atom. The fourth-order valence-corrected chi connectivity index (χ4v) is 2.38. The highest BCUT2D eigenvalue weighted by molar-refractivity contribution is 6.36. The molecule has 0 aliphatic heterocycles. The fourth-order valence-electron chi connectivity index (χ4n) is 1.67. The lowest BCUT2D eigenvalue weighted by Gasteiger charge is -2.08. The molecular weight excluding hydrogens is 319 g/mol. The second-order valence-corrected chi connectivity index (χ2v) is 5.41. The third-order valence-corrected chi connectivity index (χ3v) is 3.57. The predicted octanol–water partition coefficient (Wildman–Crippen LogP) is 4.84. The van der Waals surface area contributed by atoms with Crippen LogP contribution in [0, 0.1) is 0 Å². The van der Waals surface area contributed by atoms with Crippen molar-refractivity contribution in [3.8, 4) is 5.75 Å². The van der Waals surface area contributed by atoms with Gasteiger partial charge in [-0.25, -0.2) is 0 Å². The molecule has 0 amide bonds. The Kier molecular flexibility index (Phi) is 5.30. The van der Waals surface area contributed by atoms with E-state index in [1.807, 2.05) is 0 Å². The van der Waals surface area contributed by atoms with E-state index in [9.17, 15) is 4.79 Å². The molecule has 0 bridgehead atoms. The lowest BCUT2D eigenvalue weighted by atomic mass is 10.1. The molecule has 0 fully saturated rings. The van der Waals surface area contributed by atoms with Crippen molar-refractivity contribution < 1.29 is 9.53 Å². The highest BCUT2D eigenvalue weighted by Gasteiger charge is 2.11. The highest BCUT2D eigenvalue weighted by Crippen LogP contribution is 2.25. The van der Waals surface area contributed by atoms with Crippen LogP contribution < -0.4 is 4.74 Å². The van der Waals surface area contributed by atoms with Crippen molar-refractivity contribution in [3.63, 3.8) is 0 Å². The van der Waals surface area contributed by atoms with Crippen LogP contribution >= 0.6 is 34.8 Å². The first-order chi connectivity index (χ1) is 9.56. The summed E-state index contributed by atoms with van der Waals surface area (Å²) in [7, 11) is 0. The van der Waals surface area contributed by atoms with Crippen molar-refractivity contribution in [2.45, 2.75) is 6.42 Å².